The third-order valence-corrected chi connectivity index (χ3v) is 3.22. The summed E-state index contributed by atoms with van der Waals surface area (Å²) >= 11 is 0. The first kappa shape index (κ1) is 18.3. The largest absolute Gasteiger partial charge is 0.458 e. The average molecular weight is 343 g/mol. The van der Waals surface area contributed by atoms with E-state index in [2.05, 4.69) is 0 Å². The van der Waals surface area contributed by atoms with Crippen molar-refractivity contribution in [1.82, 2.24) is 0 Å². The van der Waals surface area contributed by atoms with E-state index in [0.29, 0.717) is 6.07 Å². The van der Waals surface area contributed by atoms with Gasteiger partial charge in [-0.3, -0.25) is 4.79 Å². The molecule has 1 fully saturated rings. The maximum absolute atomic E-state index is 13.3. The molecular weight excluding hydrogens is 324 g/mol. The summed E-state index contributed by atoms with van der Waals surface area (Å²) in [5, 5.41) is 10.1. The maximum Gasteiger partial charge on any atom is 0.338 e. The molecule has 132 valence electrons. The molecule has 0 bridgehead atoms. The fraction of sp³-hybridized carbons (Fsp3) is 0.500. The zero-order valence-corrected chi connectivity index (χ0v) is 13.6. The Bertz CT molecular complexity index is 624. The lowest BCUT2D eigenvalue weighted by atomic mass is 10.1. The van der Waals surface area contributed by atoms with E-state index in [0.717, 1.165) is 17.0 Å². The van der Waals surface area contributed by atoms with E-state index in [4.69, 9.17) is 9.47 Å². The summed E-state index contributed by atoms with van der Waals surface area (Å²) in [5.74, 6) is -3.46. The lowest BCUT2D eigenvalue weighted by Gasteiger charge is -2.34. The minimum Gasteiger partial charge on any atom is -0.458 e. The standard InChI is InChI=1S/C16H19F2NO5/c1-16(2,3)24-15(22)12(20)13-14(21)19(4-5-23-13)11-7-9(17)6-10(18)8-11/h6-8,12-13,20H,4-5H2,1-3H3/t12-,13-/m1/s1. The molecule has 8 heteroatoms. The van der Waals surface area contributed by atoms with E-state index < -0.39 is 41.3 Å². The van der Waals surface area contributed by atoms with Crippen LogP contribution in [-0.4, -0.2) is 47.9 Å². The van der Waals surface area contributed by atoms with Crippen LogP contribution in [0.15, 0.2) is 18.2 Å². The van der Waals surface area contributed by atoms with Gasteiger partial charge < -0.3 is 19.5 Å². The second-order valence-corrected chi connectivity index (χ2v) is 6.39. The number of benzene rings is 1. The maximum atomic E-state index is 13.3. The Labute approximate surface area is 138 Å². The summed E-state index contributed by atoms with van der Waals surface area (Å²) in [6.07, 6.45) is -3.34. The summed E-state index contributed by atoms with van der Waals surface area (Å²) in [5.41, 5.74) is -0.858. The highest BCUT2D eigenvalue weighted by atomic mass is 19.1. The molecule has 0 radical (unpaired) electrons. The number of rotatable bonds is 3. The molecule has 1 aliphatic heterocycles. The van der Waals surface area contributed by atoms with Crippen molar-refractivity contribution in [3.05, 3.63) is 29.8 Å². The SMILES string of the molecule is CC(C)(C)OC(=O)[C@H](O)[C@H]1OCCN(c2cc(F)cc(F)c2)C1=O. The molecule has 0 aromatic heterocycles. The number of halogens is 2. The Balaban J connectivity index is 2.19. The van der Waals surface area contributed by atoms with Crippen molar-refractivity contribution in [3.8, 4) is 0 Å². The fourth-order valence-corrected chi connectivity index (χ4v) is 2.27. The number of morpholine rings is 1. The van der Waals surface area contributed by atoms with E-state index in [1.54, 1.807) is 20.8 Å². The highest BCUT2D eigenvalue weighted by Crippen LogP contribution is 2.23. The van der Waals surface area contributed by atoms with Gasteiger partial charge in [-0.2, -0.15) is 0 Å². The fourth-order valence-electron chi connectivity index (χ4n) is 2.27. The van der Waals surface area contributed by atoms with Crippen molar-refractivity contribution in [2.24, 2.45) is 0 Å². The third kappa shape index (κ3) is 4.27. The highest BCUT2D eigenvalue weighted by molar-refractivity contribution is 6.00. The quantitative estimate of drug-likeness (QED) is 0.840. The van der Waals surface area contributed by atoms with Crippen LogP contribution in [0.1, 0.15) is 20.8 Å². The molecule has 6 nitrogen and oxygen atoms in total. The number of hydrogen-bond acceptors (Lipinski definition) is 5. The van der Waals surface area contributed by atoms with Gasteiger partial charge in [0.15, 0.2) is 12.2 Å². The topological polar surface area (TPSA) is 76.1 Å². The number of nitrogens with zero attached hydrogens (tertiary/aromatic N) is 1. The van der Waals surface area contributed by atoms with Crippen LogP contribution in [0.25, 0.3) is 0 Å². The minimum atomic E-state index is -1.84. The zero-order chi connectivity index (χ0) is 18.1. The van der Waals surface area contributed by atoms with Gasteiger partial charge in [0.1, 0.15) is 17.2 Å². The molecule has 1 aromatic rings. The van der Waals surface area contributed by atoms with Crippen LogP contribution >= 0.6 is 0 Å². The molecule has 1 heterocycles. The van der Waals surface area contributed by atoms with Crippen LogP contribution in [0, 0.1) is 11.6 Å². The molecule has 0 spiro atoms. The molecule has 0 unspecified atom stereocenters. The number of anilines is 1. The van der Waals surface area contributed by atoms with E-state index in [1.807, 2.05) is 0 Å². The van der Waals surface area contributed by atoms with Crippen LogP contribution in [-0.2, 0) is 19.1 Å². The van der Waals surface area contributed by atoms with Crippen LogP contribution in [0.2, 0.25) is 0 Å². The van der Waals surface area contributed by atoms with Crippen LogP contribution in [0.5, 0.6) is 0 Å². The van der Waals surface area contributed by atoms with Gasteiger partial charge in [-0.1, -0.05) is 0 Å². The van der Waals surface area contributed by atoms with Gasteiger partial charge in [0.05, 0.1) is 6.61 Å². The Kier molecular flexibility index (Phi) is 5.19. The normalized spacial score (nSPS) is 20.0. The highest BCUT2D eigenvalue weighted by Gasteiger charge is 2.41. The molecule has 1 saturated heterocycles. The molecular formula is C16H19F2NO5. The summed E-state index contributed by atoms with van der Waals surface area (Å²) in [7, 11) is 0. The lowest BCUT2D eigenvalue weighted by Crippen LogP contribution is -2.55. The molecule has 0 saturated carbocycles. The first-order valence-corrected chi connectivity index (χ1v) is 7.38. The Hall–Kier alpha value is -2.06. The van der Waals surface area contributed by atoms with Crippen molar-refractivity contribution in [2.45, 2.75) is 38.6 Å². The first-order valence-electron chi connectivity index (χ1n) is 7.38. The number of carbonyl (C=O) groups is 2. The van der Waals surface area contributed by atoms with Gasteiger partial charge >= 0.3 is 5.97 Å². The molecule has 0 aliphatic carbocycles. The molecule has 24 heavy (non-hydrogen) atoms. The molecule has 1 aliphatic rings. The summed E-state index contributed by atoms with van der Waals surface area (Å²) < 4.78 is 36.9. The Morgan fingerprint density at radius 3 is 2.46 bits per heavy atom. The van der Waals surface area contributed by atoms with Gasteiger partial charge in [-0.25, -0.2) is 13.6 Å². The Morgan fingerprint density at radius 2 is 1.92 bits per heavy atom. The van der Waals surface area contributed by atoms with Gasteiger partial charge in [0.25, 0.3) is 5.91 Å². The van der Waals surface area contributed by atoms with E-state index >= 15 is 0 Å². The second-order valence-electron chi connectivity index (χ2n) is 6.39. The first-order chi connectivity index (χ1) is 11.1. The van der Waals surface area contributed by atoms with Crippen molar-refractivity contribution < 1.29 is 33.0 Å². The van der Waals surface area contributed by atoms with Crippen molar-refractivity contribution in [1.29, 1.82) is 0 Å². The average Bonchev–Trinajstić information content (AvgIpc) is 2.44. The number of amides is 1. The molecule has 1 aromatic carbocycles. The van der Waals surface area contributed by atoms with Crippen LogP contribution in [0.4, 0.5) is 14.5 Å². The third-order valence-electron chi connectivity index (χ3n) is 3.22. The number of esters is 1. The van der Waals surface area contributed by atoms with Crippen LogP contribution < -0.4 is 4.90 Å². The van der Waals surface area contributed by atoms with Gasteiger partial charge in [0, 0.05) is 18.3 Å². The predicted molar refractivity (Wildman–Crippen MR) is 80.3 cm³/mol. The monoisotopic (exact) mass is 343 g/mol. The zero-order valence-electron chi connectivity index (χ0n) is 13.6. The van der Waals surface area contributed by atoms with E-state index in [1.165, 1.54) is 0 Å². The summed E-state index contributed by atoms with van der Waals surface area (Å²) in [4.78, 5) is 25.4. The van der Waals surface area contributed by atoms with E-state index in [-0.39, 0.29) is 18.8 Å². The lowest BCUT2D eigenvalue weighted by molar-refractivity contribution is -0.177. The number of aliphatic hydroxyl groups is 1. The molecule has 2 atom stereocenters. The van der Waals surface area contributed by atoms with Crippen molar-refractivity contribution >= 4 is 17.6 Å². The van der Waals surface area contributed by atoms with Crippen molar-refractivity contribution in [3.63, 3.8) is 0 Å². The molecule has 1 N–H and O–H groups in total. The molecule has 1 amide bonds. The van der Waals surface area contributed by atoms with Gasteiger partial charge in [-0.15, -0.1) is 0 Å². The van der Waals surface area contributed by atoms with Gasteiger partial charge in [0.2, 0.25) is 0 Å². The van der Waals surface area contributed by atoms with Crippen LogP contribution in [0.3, 0.4) is 0 Å². The smallest absolute Gasteiger partial charge is 0.338 e. The number of ether oxygens (including phenoxy) is 2. The predicted octanol–water partition coefficient (Wildman–Crippen LogP) is 1.40. The van der Waals surface area contributed by atoms with E-state index in [9.17, 15) is 23.5 Å². The number of carbonyl (C=O) groups excluding carboxylic acids is 2. The minimum absolute atomic E-state index is 0.00556. The van der Waals surface area contributed by atoms with Crippen molar-refractivity contribution in [2.75, 3.05) is 18.1 Å². The molecule has 2 rings (SSSR count). The number of hydrogen-bond donors (Lipinski definition) is 1. The number of aliphatic hydroxyl groups excluding tert-OH is 1. The summed E-state index contributed by atoms with van der Waals surface area (Å²) in [6, 6.07) is 2.66. The Morgan fingerprint density at radius 1 is 1.33 bits per heavy atom. The van der Waals surface area contributed by atoms with Gasteiger partial charge in [-0.05, 0) is 32.9 Å². The summed E-state index contributed by atoms with van der Waals surface area (Å²) in [6.45, 7) is 4.88. The second kappa shape index (κ2) is 6.82.